The first kappa shape index (κ1) is 14.1. The molecule has 7 heteroatoms. The van der Waals surface area contributed by atoms with Crippen molar-refractivity contribution in [2.45, 2.75) is 6.92 Å². The van der Waals surface area contributed by atoms with E-state index >= 15 is 0 Å². The number of methoxy groups -OCH3 is 1. The van der Waals surface area contributed by atoms with Crippen LogP contribution < -0.4 is 15.8 Å². The normalized spacial score (nSPS) is 10.2. The first-order chi connectivity index (χ1) is 9.51. The van der Waals surface area contributed by atoms with E-state index in [4.69, 9.17) is 22.1 Å². The van der Waals surface area contributed by atoms with Crippen LogP contribution >= 0.6 is 11.6 Å². The number of aromatic nitrogens is 2. The van der Waals surface area contributed by atoms with Gasteiger partial charge in [0.05, 0.1) is 25.2 Å². The molecule has 6 nitrogen and oxygen atoms in total. The van der Waals surface area contributed by atoms with Crippen molar-refractivity contribution in [3.63, 3.8) is 0 Å². The van der Waals surface area contributed by atoms with Crippen molar-refractivity contribution >= 4 is 29.0 Å². The zero-order valence-corrected chi connectivity index (χ0v) is 11.7. The van der Waals surface area contributed by atoms with E-state index < -0.39 is 5.91 Å². The summed E-state index contributed by atoms with van der Waals surface area (Å²) < 4.78 is 5.18. The van der Waals surface area contributed by atoms with Gasteiger partial charge in [-0.05, 0) is 18.6 Å². The number of carbonyl (C=O) groups excluding carboxylic acids is 1. The van der Waals surface area contributed by atoms with Crippen LogP contribution in [-0.2, 0) is 0 Å². The van der Waals surface area contributed by atoms with Crippen molar-refractivity contribution in [1.29, 1.82) is 0 Å². The molecule has 0 atom stereocenters. The maximum absolute atomic E-state index is 12.0. The van der Waals surface area contributed by atoms with E-state index in [2.05, 4.69) is 15.3 Å². The van der Waals surface area contributed by atoms with Crippen LogP contribution in [0.2, 0.25) is 5.02 Å². The molecule has 104 valence electrons. The van der Waals surface area contributed by atoms with Crippen LogP contribution in [0.3, 0.4) is 0 Å². The average molecular weight is 293 g/mol. The summed E-state index contributed by atoms with van der Waals surface area (Å²) >= 11 is 6.01. The number of benzene rings is 1. The van der Waals surface area contributed by atoms with Gasteiger partial charge in [0.25, 0.3) is 5.91 Å². The fraction of sp³-hybridized carbons (Fsp3) is 0.154. The van der Waals surface area contributed by atoms with E-state index in [0.717, 1.165) is 5.56 Å². The number of nitrogens with zero attached hydrogens (tertiary/aromatic N) is 2. The monoisotopic (exact) mass is 292 g/mol. The highest BCUT2D eigenvalue weighted by atomic mass is 35.5. The van der Waals surface area contributed by atoms with Crippen LogP contribution in [0.15, 0.2) is 24.5 Å². The minimum Gasteiger partial charge on any atom is -0.495 e. The smallest absolute Gasteiger partial charge is 0.275 e. The lowest BCUT2D eigenvalue weighted by atomic mass is 10.2. The number of nitrogens with two attached hydrogens (primary N) is 1. The second-order valence-electron chi connectivity index (χ2n) is 4.08. The number of nitrogens with one attached hydrogen (secondary N) is 1. The van der Waals surface area contributed by atoms with E-state index in [1.165, 1.54) is 19.5 Å². The van der Waals surface area contributed by atoms with Crippen LogP contribution in [-0.4, -0.2) is 23.0 Å². The van der Waals surface area contributed by atoms with Crippen molar-refractivity contribution in [3.05, 3.63) is 40.8 Å². The van der Waals surface area contributed by atoms with Gasteiger partial charge in [-0.1, -0.05) is 11.6 Å². The molecule has 0 radical (unpaired) electrons. The Hall–Kier alpha value is -2.34. The van der Waals surface area contributed by atoms with Gasteiger partial charge in [-0.3, -0.25) is 4.79 Å². The van der Waals surface area contributed by atoms with Gasteiger partial charge in [0.2, 0.25) is 0 Å². The molecule has 2 aromatic rings. The Bertz CT molecular complexity index is 644. The number of rotatable bonds is 3. The highest BCUT2D eigenvalue weighted by molar-refractivity contribution is 6.31. The largest absolute Gasteiger partial charge is 0.495 e. The molecule has 1 amide bonds. The van der Waals surface area contributed by atoms with Gasteiger partial charge >= 0.3 is 0 Å². The molecule has 0 fully saturated rings. The zero-order valence-electron chi connectivity index (χ0n) is 11.0. The molecule has 20 heavy (non-hydrogen) atoms. The van der Waals surface area contributed by atoms with E-state index in [1.807, 2.05) is 6.92 Å². The third-order valence-corrected chi connectivity index (χ3v) is 3.04. The lowest BCUT2D eigenvalue weighted by molar-refractivity contribution is 0.102. The quantitative estimate of drug-likeness (QED) is 0.906. The molecule has 0 bridgehead atoms. The van der Waals surface area contributed by atoms with Crippen LogP contribution in [0, 0.1) is 6.92 Å². The standard InChI is InChI=1S/C13H13ClN4O2/c1-7-3-9(11(20-2)4-8(7)14)18-13(19)10-5-17-12(15)6-16-10/h3-6H,1-2H3,(H2,15,17)(H,18,19). The second-order valence-corrected chi connectivity index (χ2v) is 4.49. The van der Waals surface area contributed by atoms with Crippen molar-refractivity contribution < 1.29 is 9.53 Å². The zero-order chi connectivity index (χ0) is 14.7. The van der Waals surface area contributed by atoms with E-state index in [0.29, 0.717) is 16.5 Å². The van der Waals surface area contributed by atoms with Gasteiger partial charge in [0, 0.05) is 11.1 Å². The molecule has 0 aliphatic heterocycles. The number of carbonyl (C=O) groups is 1. The summed E-state index contributed by atoms with van der Waals surface area (Å²) in [6, 6.07) is 3.37. The first-order valence-corrected chi connectivity index (χ1v) is 6.12. The Balaban J connectivity index is 2.27. The van der Waals surface area contributed by atoms with Crippen LogP contribution in [0.4, 0.5) is 11.5 Å². The van der Waals surface area contributed by atoms with Crippen LogP contribution in [0.5, 0.6) is 5.75 Å². The summed E-state index contributed by atoms with van der Waals surface area (Å²) in [5.74, 6) is 0.316. The molecule has 0 aliphatic carbocycles. The van der Waals surface area contributed by atoms with Crippen LogP contribution in [0.25, 0.3) is 0 Å². The number of amides is 1. The minimum absolute atomic E-state index is 0.161. The van der Waals surface area contributed by atoms with E-state index in [1.54, 1.807) is 12.1 Å². The fourth-order valence-corrected chi connectivity index (χ4v) is 1.73. The highest BCUT2D eigenvalue weighted by Crippen LogP contribution is 2.31. The van der Waals surface area contributed by atoms with Gasteiger partial charge in [-0.15, -0.1) is 0 Å². The molecular weight excluding hydrogens is 280 g/mol. The molecule has 0 unspecified atom stereocenters. The average Bonchev–Trinajstić information content (AvgIpc) is 2.43. The SMILES string of the molecule is COc1cc(Cl)c(C)cc1NC(=O)c1cnc(N)cn1. The summed E-state index contributed by atoms with van der Waals surface area (Å²) in [5, 5.41) is 3.26. The Kier molecular flexibility index (Phi) is 4.05. The number of aryl methyl sites for hydroxylation is 1. The Morgan fingerprint density at radius 1 is 1.35 bits per heavy atom. The molecule has 2 rings (SSSR count). The molecule has 3 N–H and O–H groups in total. The van der Waals surface area contributed by atoms with E-state index in [-0.39, 0.29) is 11.5 Å². The third kappa shape index (κ3) is 2.97. The van der Waals surface area contributed by atoms with Gasteiger partial charge in [-0.2, -0.15) is 0 Å². The van der Waals surface area contributed by atoms with Gasteiger partial charge in [0.1, 0.15) is 17.3 Å². The molecule has 0 saturated carbocycles. The molecule has 1 aromatic carbocycles. The van der Waals surface area contributed by atoms with Gasteiger partial charge in [-0.25, -0.2) is 9.97 Å². The lowest BCUT2D eigenvalue weighted by Crippen LogP contribution is -2.15. The van der Waals surface area contributed by atoms with Crippen molar-refractivity contribution in [2.75, 3.05) is 18.2 Å². The van der Waals surface area contributed by atoms with Crippen molar-refractivity contribution in [3.8, 4) is 5.75 Å². The predicted octanol–water partition coefficient (Wildman–Crippen LogP) is 2.28. The maximum atomic E-state index is 12.0. The summed E-state index contributed by atoms with van der Waals surface area (Å²) in [4.78, 5) is 19.8. The number of hydrogen-bond acceptors (Lipinski definition) is 5. The Labute approximate surface area is 120 Å². The number of halogens is 1. The topological polar surface area (TPSA) is 90.1 Å². The number of nitrogen functional groups attached to an aromatic ring is 1. The van der Waals surface area contributed by atoms with Gasteiger partial charge in [0.15, 0.2) is 0 Å². The molecule has 1 aromatic heterocycles. The summed E-state index contributed by atoms with van der Waals surface area (Å²) in [5.41, 5.74) is 6.92. The molecule has 1 heterocycles. The van der Waals surface area contributed by atoms with Crippen molar-refractivity contribution in [1.82, 2.24) is 9.97 Å². The second kappa shape index (κ2) is 5.75. The first-order valence-electron chi connectivity index (χ1n) is 5.74. The van der Waals surface area contributed by atoms with Gasteiger partial charge < -0.3 is 15.8 Å². The molecule has 0 aliphatic rings. The Morgan fingerprint density at radius 3 is 2.70 bits per heavy atom. The molecular formula is C13H13ClN4O2. The lowest BCUT2D eigenvalue weighted by Gasteiger charge is -2.11. The fourth-order valence-electron chi connectivity index (χ4n) is 1.57. The maximum Gasteiger partial charge on any atom is 0.275 e. The minimum atomic E-state index is -0.405. The van der Waals surface area contributed by atoms with Crippen LogP contribution in [0.1, 0.15) is 16.1 Å². The van der Waals surface area contributed by atoms with E-state index in [9.17, 15) is 4.79 Å². The summed E-state index contributed by atoms with van der Waals surface area (Å²) in [6.07, 6.45) is 2.62. The Morgan fingerprint density at radius 2 is 2.10 bits per heavy atom. The summed E-state index contributed by atoms with van der Waals surface area (Å²) in [6.45, 7) is 1.83. The third-order valence-electron chi connectivity index (χ3n) is 2.63. The number of hydrogen-bond donors (Lipinski definition) is 2. The number of ether oxygens (including phenoxy) is 1. The van der Waals surface area contributed by atoms with Crippen molar-refractivity contribution in [2.24, 2.45) is 0 Å². The summed E-state index contributed by atoms with van der Waals surface area (Å²) in [7, 11) is 1.50. The molecule has 0 spiro atoms. The predicted molar refractivity (Wildman–Crippen MR) is 77.1 cm³/mol. The highest BCUT2D eigenvalue weighted by Gasteiger charge is 2.13. The number of anilines is 2. The molecule has 0 saturated heterocycles.